The van der Waals surface area contributed by atoms with Crippen LogP contribution in [0.4, 0.5) is 0 Å². The van der Waals surface area contributed by atoms with Gasteiger partial charge in [-0.15, -0.1) is 0 Å². The van der Waals surface area contributed by atoms with Crippen LogP contribution in [0.2, 0.25) is 0 Å². The van der Waals surface area contributed by atoms with Crippen molar-refractivity contribution in [3.63, 3.8) is 0 Å². The fourth-order valence-electron chi connectivity index (χ4n) is 3.82. The second-order valence-electron chi connectivity index (χ2n) is 6.66. The maximum absolute atomic E-state index is 6.20. The number of hydrogen-bond donors (Lipinski definition) is 0. The van der Waals surface area contributed by atoms with Gasteiger partial charge >= 0.3 is 0 Å². The highest BCUT2D eigenvalue weighted by atomic mass is 79.9. The molecule has 2 aliphatic carbocycles. The third-order valence-corrected chi connectivity index (χ3v) is 6.35. The monoisotopic (exact) mass is 272 g/mol. The first-order valence-electron chi connectivity index (χ1n) is 6.24. The zero-order valence-corrected chi connectivity index (χ0v) is 11.4. The zero-order valence-electron chi connectivity index (χ0n) is 9.81. The van der Waals surface area contributed by atoms with Crippen molar-refractivity contribution >= 4 is 15.9 Å². The molecule has 0 N–H and O–H groups in total. The molecular weight excluding hydrogens is 252 g/mol. The molecule has 2 heteroatoms. The summed E-state index contributed by atoms with van der Waals surface area (Å²) in [6.07, 6.45) is 6.69. The van der Waals surface area contributed by atoms with Crippen molar-refractivity contribution in [2.75, 3.05) is 11.9 Å². The summed E-state index contributed by atoms with van der Waals surface area (Å²) in [6, 6.07) is 0. The van der Waals surface area contributed by atoms with Crippen molar-refractivity contribution in [1.82, 2.24) is 0 Å². The van der Waals surface area contributed by atoms with Crippen LogP contribution in [0.15, 0.2) is 0 Å². The summed E-state index contributed by atoms with van der Waals surface area (Å²) in [5, 5.41) is 1.16. The van der Waals surface area contributed by atoms with E-state index < -0.39 is 0 Å². The second-order valence-corrected chi connectivity index (χ2v) is 7.22. The van der Waals surface area contributed by atoms with Crippen molar-refractivity contribution in [3.8, 4) is 0 Å². The van der Waals surface area contributed by atoms with Crippen LogP contribution in [-0.4, -0.2) is 17.5 Å². The first-order chi connectivity index (χ1) is 7.04. The summed E-state index contributed by atoms with van der Waals surface area (Å²) in [5.74, 6) is 0.873. The molecular formula is C13H21BrO. The van der Waals surface area contributed by atoms with Gasteiger partial charge in [-0.2, -0.15) is 0 Å². The van der Waals surface area contributed by atoms with Crippen LogP contribution in [0.1, 0.15) is 46.0 Å². The molecule has 3 aliphatic rings. The molecule has 3 fully saturated rings. The van der Waals surface area contributed by atoms with Gasteiger partial charge in [-0.1, -0.05) is 29.8 Å². The van der Waals surface area contributed by atoms with Gasteiger partial charge in [-0.3, -0.25) is 0 Å². The minimum absolute atomic E-state index is 0.261. The molecule has 2 atom stereocenters. The Morgan fingerprint density at radius 3 is 2.40 bits per heavy atom. The molecule has 0 aromatic heterocycles. The largest absolute Gasteiger partial charge is 0.374 e. The van der Waals surface area contributed by atoms with Gasteiger partial charge < -0.3 is 4.74 Å². The number of fused-ring (bicyclic) bond motifs is 2. The first kappa shape index (κ1) is 10.6. The van der Waals surface area contributed by atoms with Crippen molar-refractivity contribution in [2.45, 2.75) is 51.6 Å². The molecule has 1 saturated heterocycles. The Kier molecular flexibility index (Phi) is 2.12. The highest BCUT2D eigenvalue weighted by Crippen LogP contribution is 2.70. The number of ether oxygens (including phenoxy) is 1. The molecule has 1 heterocycles. The van der Waals surface area contributed by atoms with E-state index in [9.17, 15) is 0 Å². The van der Waals surface area contributed by atoms with Crippen LogP contribution in [0.5, 0.6) is 0 Å². The van der Waals surface area contributed by atoms with Gasteiger partial charge in [0.05, 0.1) is 12.2 Å². The zero-order chi connectivity index (χ0) is 10.7. The highest BCUT2D eigenvalue weighted by molar-refractivity contribution is 9.09. The van der Waals surface area contributed by atoms with Gasteiger partial charge in [0.1, 0.15) is 0 Å². The Morgan fingerprint density at radius 1 is 1.20 bits per heavy atom. The second kappa shape index (κ2) is 3.01. The van der Waals surface area contributed by atoms with E-state index in [2.05, 4.69) is 29.8 Å². The predicted octanol–water partition coefficient (Wildman–Crippen LogP) is 3.76. The lowest BCUT2D eigenvalue weighted by Crippen LogP contribution is -2.45. The number of rotatable bonds is 1. The van der Waals surface area contributed by atoms with Crippen LogP contribution >= 0.6 is 15.9 Å². The molecule has 0 amide bonds. The van der Waals surface area contributed by atoms with Crippen molar-refractivity contribution < 1.29 is 4.74 Å². The Labute approximate surface area is 101 Å². The third-order valence-electron chi connectivity index (χ3n) is 5.35. The topological polar surface area (TPSA) is 9.23 Å². The summed E-state index contributed by atoms with van der Waals surface area (Å²) in [4.78, 5) is 0. The number of alkyl halides is 1. The third kappa shape index (κ3) is 1.30. The van der Waals surface area contributed by atoms with E-state index >= 15 is 0 Å². The van der Waals surface area contributed by atoms with Gasteiger partial charge in [-0.05, 0) is 43.4 Å². The standard InChI is InChI=1S/C13H21BrO/c1-11(2)3-5-13(6-4-11)12(9-14)7-10(12)8-15-13/h10H,3-9H2,1-2H3. The minimum atomic E-state index is 0.261. The van der Waals surface area contributed by atoms with E-state index in [1.165, 1.54) is 32.1 Å². The van der Waals surface area contributed by atoms with Crippen LogP contribution in [0.25, 0.3) is 0 Å². The SMILES string of the molecule is CC1(C)CCC2(CC1)OCC1CC12CBr. The Hall–Kier alpha value is 0.440. The average Bonchev–Trinajstić information content (AvgIpc) is 2.87. The normalized spacial score (nSPS) is 45.4. The molecule has 86 valence electrons. The lowest BCUT2D eigenvalue weighted by atomic mass is 9.66. The maximum Gasteiger partial charge on any atom is 0.0750 e. The lowest BCUT2D eigenvalue weighted by Gasteiger charge is -2.45. The molecule has 1 spiro atoms. The van der Waals surface area contributed by atoms with Crippen molar-refractivity contribution in [2.24, 2.45) is 16.7 Å². The average molecular weight is 273 g/mol. The van der Waals surface area contributed by atoms with Crippen molar-refractivity contribution in [1.29, 1.82) is 0 Å². The molecule has 0 aromatic rings. The molecule has 0 radical (unpaired) electrons. The van der Waals surface area contributed by atoms with Gasteiger partial charge in [-0.25, -0.2) is 0 Å². The van der Waals surface area contributed by atoms with Gasteiger partial charge in [0, 0.05) is 10.7 Å². The number of halogens is 1. The summed E-state index contributed by atoms with van der Waals surface area (Å²) in [5.41, 5.74) is 1.34. The van der Waals surface area contributed by atoms with Gasteiger partial charge in [0.2, 0.25) is 0 Å². The van der Waals surface area contributed by atoms with E-state index in [-0.39, 0.29) is 5.60 Å². The van der Waals surface area contributed by atoms with Crippen LogP contribution < -0.4 is 0 Å². The highest BCUT2D eigenvalue weighted by Gasteiger charge is 2.71. The van der Waals surface area contributed by atoms with E-state index in [1.807, 2.05) is 0 Å². The van der Waals surface area contributed by atoms with E-state index in [1.54, 1.807) is 0 Å². The summed E-state index contributed by atoms with van der Waals surface area (Å²) in [7, 11) is 0. The summed E-state index contributed by atoms with van der Waals surface area (Å²) in [6.45, 7) is 5.84. The molecule has 15 heavy (non-hydrogen) atoms. The molecule has 2 saturated carbocycles. The molecule has 1 nitrogen and oxygen atoms in total. The van der Waals surface area contributed by atoms with E-state index in [4.69, 9.17) is 4.74 Å². The van der Waals surface area contributed by atoms with E-state index in [0.717, 1.165) is 17.9 Å². The Balaban J connectivity index is 1.81. The molecule has 2 unspecified atom stereocenters. The molecule has 3 rings (SSSR count). The molecule has 0 aromatic carbocycles. The smallest absolute Gasteiger partial charge is 0.0750 e. The Morgan fingerprint density at radius 2 is 1.87 bits per heavy atom. The maximum atomic E-state index is 6.20. The molecule has 1 aliphatic heterocycles. The number of hydrogen-bond acceptors (Lipinski definition) is 1. The van der Waals surface area contributed by atoms with Crippen LogP contribution in [0.3, 0.4) is 0 Å². The summed E-state index contributed by atoms with van der Waals surface area (Å²) >= 11 is 3.73. The fourth-order valence-corrected chi connectivity index (χ4v) is 5.02. The quantitative estimate of drug-likeness (QED) is 0.661. The minimum Gasteiger partial charge on any atom is -0.374 e. The predicted molar refractivity (Wildman–Crippen MR) is 65.3 cm³/mol. The lowest BCUT2D eigenvalue weighted by molar-refractivity contribution is -0.0920. The van der Waals surface area contributed by atoms with Crippen LogP contribution in [0, 0.1) is 16.7 Å². The van der Waals surface area contributed by atoms with E-state index in [0.29, 0.717) is 10.8 Å². The van der Waals surface area contributed by atoms with Gasteiger partial charge in [0.15, 0.2) is 0 Å². The van der Waals surface area contributed by atoms with Crippen LogP contribution in [-0.2, 0) is 4.74 Å². The first-order valence-corrected chi connectivity index (χ1v) is 7.36. The fraction of sp³-hybridized carbons (Fsp3) is 1.00. The molecule has 0 bridgehead atoms. The van der Waals surface area contributed by atoms with Crippen molar-refractivity contribution in [3.05, 3.63) is 0 Å². The summed E-state index contributed by atoms with van der Waals surface area (Å²) < 4.78 is 6.20. The Bertz CT molecular complexity index is 272. The van der Waals surface area contributed by atoms with Gasteiger partial charge in [0.25, 0.3) is 0 Å².